The van der Waals surface area contributed by atoms with Crippen LogP contribution in [0.3, 0.4) is 0 Å². The average Bonchev–Trinajstić information content (AvgIpc) is 2.24. The first-order valence-corrected chi connectivity index (χ1v) is 5.59. The van der Waals surface area contributed by atoms with Gasteiger partial charge in [-0.1, -0.05) is 11.6 Å². The molecule has 86 valence electrons. The Labute approximate surface area is 98.6 Å². The fourth-order valence-corrected chi connectivity index (χ4v) is 1.72. The molecule has 1 amide bonds. The second kappa shape index (κ2) is 4.39. The number of aliphatic hydroxyl groups is 1. The molecule has 16 heavy (non-hydrogen) atoms. The van der Waals surface area contributed by atoms with E-state index in [4.69, 9.17) is 11.6 Å². The molecule has 0 radical (unpaired) electrons. The number of nitrogens with one attached hydrogen (secondary N) is 1. The minimum absolute atomic E-state index is 0.281. The third-order valence-electron chi connectivity index (χ3n) is 2.82. The second-order valence-electron chi connectivity index (χ2n) is 4.12. The summed E-state index contributed by atoms with van der Waals surface area (Å²) in [6.45, 7) is 0.288. The summed E-state index contributed by atoms with van der Waals surface area (Å²) in [5.74, 6) is -0.281. The predicted molar refractivity (Wildman–Crippen MR) is 60.4 cm³/mol. The molecular formula is C11H13ClN2O2. The SMILES string of the molecule is O=C(NCC1(O)CCC1)c1ccc(Cl)cn1. The highest BCUT2D eigenvalue weighted by molar-refractivity contribution is 6.30. The summed E-state index contributed by atoms with van der Waals surface area (Å²) in [5.41, 5.74) is -0.394. The number of nitrogens with zero attached hydrogens (tertiary/aromatic N) is 1. The van der Waals surface area contributed by atoms with Gasteiger partial charge in [0.25, 0.3) is 5.91 Å². The molecule has 1 heterocycles. The Morgan fingerprint density at radius 1 is 1.56 bits per heavy atom. The largest absolute Gasteiger partial charge is 0.388 e. The molecule has 1 aromatic rings. The van der Waals surface area contributed by atoms with E-state index in [1.165, 1.54) is 6.20 Å². The topological polar surface area (TPSA) is 62.2 Å². The third-order valence-corrected chi connectivity index (χ3v) is 3.05. The minimum atomic E-state index is -0.706. The lowest BCUT2D eigenvalue weighted by molar-refractivity contribution is -0.0300. The van der Waals surface area contributed by atoms with Crippen molar-refractivity contribution in [3.8, 4) is 0 Å². The van der Waals surface area contributed by atoms with Crippen molar-refractivity contribution in [1.29, 1.82) is 0 Å². The summed E-state index contributed by atoms with van der Waals surface area (Å²) in [4.78, 5) is 15.5. The van der Waals surface area contributed by atoms with Gasteiger partial charge in [-0.15, -0.1) is 0 Å². The lowest BCUT2D eigenvalue weighted by Gasteiger charge is -2.36. The third kappa shape index (κ3) is 2.51. The van der Waals surface area contributed by atoms with Gasteiger partial charge in [0, 0.05) is 12.7 Å². The van der Waals surface area contributed by atoms with Crippen LogP contribution in [-0.2, 0) is 0 Å². The van der Waals surface area contributed by atoms with Gasteiger partial charge < -0.3 is 10.4 Å². The van der Waals surface area contributed by atoms with E-state index >= 15 is 0 Å². The van der Waals surface area contributed by atoms with Crippen LogP contribution in [0.5, 0.6) is 0 Å². The van der Waals surface area contributed by atoms with Gasteiger partial charge >= 0.3 is 0 Å². The van der Waals surface area contributed by atoms with Gasteiger partial charge in [0.15, 0.2) is 0 Å². The molecule has 1 fully saturated rings. The molecule has 1 aliphatic rings. The fraction of sp³-hybridized carbons (Fsp3) is 0.455. The van der Waals surface area contributed by atoms with Crippen LogP contribution in [0.2, 0.25) is 5.02 Å². The van der Waals surface area contributed by atoms with E-state index in [1.807, 2.05) is 0 Å². The highest BCUT2D eigenvalue weighted by atomic mass is 35.5. The first kappa shape index (κ1) is 11.4. The molecule has 4 nitrogen and oxygen atoms in total. The van der Waals surface area contributed by atoms with Crippen LogP contribution in [0.1, 0.15) is 29.8 Å². The van der Waals surface area contributed by atoms with Crippen molar-refractivity contribution in [3.63, 3.8) is 0 Å². The molecule has 1 aliphatic carbocycles. The van der Waals surface area contributed by atoms with E-state index in [0.717, 1.165) is 19.3 Å². The first-order valence-electron chi connectivity index (χ1n) is 5.21. The molecular weight excluding hydrogens is 228 g/mol. The zero-order valence-corrected chi connectivity index (χ0v) is 9.50. The van der Waals surface area contributed by atoms with Crippen molar-refractivity contribution in [1.82, 2.24) is 10.3 Å². The maximum atomic E-state index is 11.6. The highest BCUT2D eigenvalue weighted by Gasteiger charge is 2.34. The van der Waals surface area contributed by atoms with Crippen molar-refractivity contribution in [3.05, 3.63) is 29.0 Å². The molecule has 0 aromatic carbocycles. The maximum absolute atomic E-state index is 11.6. The molecule has 2 N–H and O–H groups in total. The monoisotopic (exact) mass is 240 g/mol. The minimum Gasteiger partial charge on any atom is -0.388 e. The molecule has 0 unspecified atom stereocenters. The van der Waals surface area contributed by atoms with Crippen molar-refractivity contribution < 1.29 is 9.90 Å². The smallest absolute Gasteiger partial charge is 0.269 e. The Hall–Kier alpha value is -1.13. The highest BCUT2D eigenvalue weighted by Crippen LogP contribution is 2.30. The lowest BCUT2D eigenvalue weighted by Crippen LogP contribution is -2.47. The number of rotatable bonds is 3. The van der Waals surface area contributed by atoms with E-state index < -0.39 is 5.60 Å². The van der Waals surface area contributed by atoms with Crippen molar-refractivity contribution in [2.24, 2.45) is 0 Å². The van der Waals surface area contributed by atoms with Crippen molar-refractivity contribution >= 4 is 17.5 Å². The van der Waals surface area contributed by atoms with Crippen molar-refractivity contribution in [2.45, 2.75) is 24.9 Å². The summed E-state index contributed by atoms with van der Waals surface area (Å²) < 4.78 is 0. The van der Waals surface area contributed by atoms with E-state index in [9.17, 15) is 9.90 Å². The van der Waals surface area contributed by atoms with Crippen LogP contribution < -0.4 is 5.32 Å². The summed E-state index contributed by atoms with van der Waals surface area (Å²) in [6.07, 6.45) is 3.95. The number of halogens is 1. The maximum Gasteiger partial charge on any atom is 0.269 e. The molecule has 2 rings (SSSR count). The van der Waals surface area contributed by atoms with Crippen LogP contribution >= 0.6 is 11.6 Å². The molecule has 1 aromatic heterocycles. The second-order valence-corrected chi connectivity index (χ2v) is 4.56. The van der Waals surface area contributed by atoms with E-state index in [-0.39, 0.29) is 12.5 Å². The molecule has 1 saturated carbocycles. The molecule has 0 atom stereocenters. The van der Waals surface area contributed by atoms with Gasteiger partial charge in [-0.25, -0.2) is 4.98 Å². The zero-order valence-electron chi connectivity index (χ0n) is 8.74. The quantitative estimate of drug-likeness (QED) is 0.839. The van der Waals surface area contributed by atoms with Gasteiger partial charge in [0.05, 0.1) is 10.6 Å². The summed E-state index contributed by atoms with van der Waals surface area (Å²) in [7, 11) is 0. The van der Waals surface area contributed by atoms with Gasteiger partial charge in [-0.2, -0.15) is 0 Å². The Bertz CT molecular complexity index is 387. The molecule has 0 saturated heterocycles. The first-order chi connectivity index (χ1) is 7.59. The van der Waals surface area contributed by atoms with Gasteiger partial charge in [0.2, 0.25) is 0 Å². The summed E-state index contributed by atoms with van der Waals surface area (Å²) >= 11 is 5.66. The molecule has 5 heteroatoms. The van der Waals surface area contributed by atoms with Gasteiger partial charge in [0.1, 0.15) is 5.69 Å². The zero-order chi connectivity index (χ0) is 11.6. The van der Waals surface area contributed by atoms with Crippen LogP contribution in [0.25, 0.3) is 0 Å². The normalized spacial score (nSPS) is 17.6. The Morgan fingerprint density at radius 2 is 2.31 bits per heavy atom. The molecule has 0 bridgehead atoms. The van der Waals surface area contributed by atoms with Crippen molar-refractivity contribution in [2.75, 3.05) is 6.54 Å². The number of pyridine rings is 1. The lowest BCUT2D eigenvalue weighted by atomic mass is 9.80. The Kier molecular flexibility index (Phi) is 3.12. The average molecular weight is 241 g/mol. The number of amides is 1. The number of hydrogen-bond acceptors (Lipinski definition) is 3. The molecule has 0 aliphatic heterocycles. The number of carbonyl (C=O) groups excluding carboxylic acids is 1. The van der Waals surface area contributed by atoms with Gasteiger partial charge in [-0.05, 0) is 31.4 Å². The van der Waals surface area contributed by atoms with Crippen LogP contribution in [0.15, 0.2) is 18.3 Å². The van der Waals surface area contributed by atoms with E-state index in [1.54, 1.807) is 12.1 Å². The molecule has 0 spiro atoms. The Morgan fingerprint density at radius 3 is 2.81 bits per heavy atom. The number of carbonyl (C=O) groups is 1. The standard InChI is InChI=1S/C11H13ClN2O2/c12-8-2-3-9(13-6-8)10(15)14-7-11(16)4-1-5-11/h2-3,6,16H,1,4-5,7H2,(H,14,15). The van der Waals surface area contributed by atoms with Crippen LogP contribution in [0, 0.1) is 0 Å². The summed E-state index contributed by atoms with van der Waals surface area (Å²) in [6, 6.07) is 3.17. The number of hydrogen-bond donors (Lipinski definition) is 2. The fourth-order valence-electron chi connectivity index (χ4n) is 1.61. The van der Waals surface area contributed by atoms with Crippen LogP contribution in [0.4, 0.5) is 0 Å². The van der Waals surface area contributed by atoms with E-state index in [0.29, 0.717) is 10.7 Å². The summed E-state index contributed by atoms with van der Waals surface area (Å²) in [5, 5.41) is 13.0. The Balaban J connectivity index is 1.90. The number of aromatic nitrogens is 1. The van der Waals surface area contributed by atoms with Crippen LogP contribution in [-0.4, -0.2) is 28.1 Å². The predicted octanol–water partition coefficient (Wildman–Crippen LogP) is 1.38. The van der Waals surface area contributed by atoms with E-state index in [2.05, 4.69) is 10.3 Å². The van der Waals surface area contributed by atoms with Gasteiger partial charge in [-0.3, -0.25) is 4.79 Å².